The van der Waals surface area contributed by atoms with Crippen LogP contribution in [-0.4, -0.2) is 25.8 Å². The molecule has 0 aliphatic heterocycles. The third-order valence-electron chi connectivity index (χ3n) is 2.78. The molecule has 0 fully saturated rings. The predicted molar refractivity (Wildman–Crippen MR) is 82.1 cm³/mol. The summed E-state index contributed by atoms with van der Waals surface area (Å²) in [6.45, 7) is -4.45. The fraction of sp³-hybridized carbons (Fsp3) is 0.0714. The van der Waals surface area contributed by atoms with Crippen molar-refractivity contribution in [2.75, 3.05) is 0 Å². The minimum absolute atomic E-state index is 0.00685. The molecule has 0 saturated heterocycles. The maximum absolute atomic E-state index is 12.3. The second kappa shape index (κ2) is 6.54. The van der Waals surface area contributed by atoms with Crippen LogP contribution in [0.15, 0.2) is 47.4 Å². The monoisotopic (exact) mass is 340 g/mol. The molecular weight excluding hydrogens is 327 g/mol. The van der Waals surface area contributed by atoms with E-state index < -0.39 is 12.6 Å². The SMILES string of the molecule is O=C(Cc1cccc(O)c1)c1c(O)cccc1SP(=O)(O)O. The van der Waals surface area contributed by atoms with Gasteiger partial charge in [-0.25, -0.2) is 4.57 Å². The van der Waals surface area contributed by atoms with Crippen molar-refractivity contribution in [3.8, 4) is 11.5 Å². The van der Waals surface area contributed by atoms with Gasteiger partial charge in [0, 0.05) is 11.3 Å². The standard InChI is InChI=1S/C14H13O6PS/c15-10-4-1-3-9(7-10)8-12(17)14-11(16)5-2-6-13(14)22-21(18,19)20/h1-7,15-16H,8H2,(H2,18,19,20). The van der Waals surface area contributed by atoms with E-state index in [2.05, 4.69) is 0 Å². The molecule has 0 saturated carbocycles. The Morgan fingerprint density at radius 1 is 1.09 bits per heavy atom. The summed E-state index contributed by atoms with van der Waals surface area (Å²) < 4.78 is 11.1. The fourth-order valence-corrected chi connectivity index (χ4v) is 3.87. The first kappa shape index (κ1) is 16.6. The zero-order valence-electron chi connectivity index (χ0n) is 11.2. The van der Waals surface area contributed by atoms with E-state index >= 15 is 0 Å². The lowest BCUT2D eigenvalue weighted by Crippen LogP contribution is -2.05. The highest BCUT2D eigenvalue weighted by Gasteiger charge is 2.23. The van der Waals surface area contributed by atoms with Crippen LogP contribution in [0.25, 0.3) is 0 Å². The fourth-order valence-electron chi connectivity index (χ4n) is 1.94. The van der Waals surface area contributed by atoms with Crippen molar-refractivity contribution in [2.45, 2.75) is 11.3 Å². The minimum atomic E-state index is -4.45. The summed E-state index contributed by atoms with van der Waals surface area (Å²) in [6.07, 6.45) is -0.110. The molecule has 0 amide bonds. The van der Waals surface area contributed by atoms with E-state index in [4.69, 9.17) is 9.79 Å². The van der Waals surface area contributed by atoms with E-state index in [-0.39, 0.29) is 39.8 Å². The maximum atomic E-state index is 12.3. The molecule has 4 N–H and O–H groups in total. The van der Waals surface area contributed by atoms with Crippen LogP contribution in [0.4, 0.5) is 0 Å². The van der Waals surface area contributed by atoms with Gasteiger partial charge in [0.2, 0.25) is 0 Å². The molecule has 8 heteroatoms. The molecule has 0 spiro atoms. The number of carbonyl (C=O) groups excluding carboxylic acids is 1. The number of hydrogen-bond donors (Lipinski definition) is 4. The smallest absolute Gasteiger partial charge is 0.388 e. The average molecular weight is 340 g/mol. The van der Waals surface area contributed by atoms with E-state index in [1.54, 1.807) is 12.1 Å². The molecule has 0 aliphatic rings. The van der Waals surface area contributed by atoms with Gasteiger partial charge in [-0.3, -0.25) is 4.79 Å². The van der Waals surface area contributed by atoms with E-state index in [0.29, 0.717) is 5.56 Å². The molecule has 0 heterocycles. The maximum Gasteiger partial charge on any atom is 0.388 e. The van der Waals surface area contributed by atoms with Gasteiger partial charge in [-0.2, -0.15) is 0 Å². The highest BCUT2D eigenvalue weighted by Crippen LogP contribution is 2.56. The van der Waals surface area contributed by atoms with Crippen LogP contribution in [0.3, 0.4) is 0 Å². The van der Waals surface area contributed by atoms with Gasteiger partial charge in [-0.1, -0.05) is 18.2 Å². The molecule has 2 rings (SSSR count). The van der Waals surface area contributed by atoms with Crippen molar-refractivity contribution in [3.63, 3.8) is 0 Å². The average Bonchev–Trinajstić information content (AvgIpc) is 2.36. The van der Waals surface area contributed by atoms with Crippen LogP contribution in [0, 0.1) is 0 Å². The first-order valence-electron chi connectivity index (χ1n) is 6.14. The third-order valence-corrected chi connectivity index (χ3v) is 4.85. The molecular formula is C14H13O6PS. The molecule has 2 aromatic carbocycles. The van der Waals surface area contributed by atoms with E-state index in [1.165, 1.54) is 30.3 Å². The largest absolute Gasteiger partial charge is 0.508 e. The van der Waals surface area contributed by atoms with E-state index in [9.17, 15) is 19.6 Å². The zero-order valence-corrected chi connectivity index (χ0v) is 12.9. The quantitative estimate of drug-likeness (QED) is 0.488. The van der Waals surface area contributed by atoms with Gasteiger partial charge >= 0.3 is 6.80 Å². The molecule has 0 bridgehead atoms. The Kier molecular flexibility index (Phi) is 4.93. The summed E-state index contributed by atoms with van der Waals surface area (Å²) in [5.41, 5.74) is 0.388. The lowest BCUT2D eigenvalue weighted by atomic mass is 10.0. The van der Waals surface area contributed by atoms with Crippen molar-refractivity contribution in [3.05, 3.63) is 53.6 Å². The van der Waals surface area contributed by atoms with Crippen molar-refractivity contribution in [1.82, 2.24) is 0 Å². The summed E-state index contributed by atoms with van der Waals surface area (Å²) in [4.78, 5) is 30.4. The van der Waals surface area contributed by atoms with Crippen LogP contribution in [0.5, 0.6) is 11.5 Å². The second-order valence-corrected chi connectivity index (χ2v) is 8.08. The Labute approximate surface area is 130 Å². The van der Waals surface area contributed by atoms with Gasteiger partial charge in [-0.15, -0.1) is 0 Å². The summed E-state index contributed by atoms with van der Waals surface area (Å²) >= 11 is 0.220. The van der Waals surface area contributed by atoms with Crippen LogP contribution >= 0.6 is 18.2 Å². The molecule has 0 aliphatic carbocycles. The van der Waals surface area contributed by atoms with Crippen molar-refractivity contribution < 1.29 is 29.4 Å². The Morgan fingerprint density at radius 2 is 1.77 bits per heavy atom. The predicted octanol–water partition coefficient (Wildman–Crippen LogP) is 2.71. The number of aromatic hydroxyl groups is 2. The summed E-state index contributed by atoms with van der Waals surface area (Å²) in [7, 11) is 0. The Bertz CT molecular complexity index is 755. The van der Waals surface area contributed by atoms with Gasteiger partial charge in [-0.05, 0) is 41.2 Å². The molecule has 116 valence electrons. The van der Waals surface area contributed by atoms with Crippen molar-refractivity contribution >= 4 is 24.0 Å². The number of hydrogen-bond acceptors (Lipinski definition) is 5. The van der Waals surface area contributed by atoms with Gasteiger partial charge in [0.15, 0.2) is 5.78 Å². The number of ketones is 1. The number of benzene rings is 2. The Hall–Kier alpha value is -1.79. The Balaban J connectivity index is 2.34. The summed E-state index contributed by atoms with van der Waals surface area (Å²) in [6, 6.07) is 10.1. The van der Waals surface area contributed by atoms with Crippen molar-refractivity contribution in [2.24, 2.45) is 0 Å². The van der Waals surface area contributed by atoms with Crippen LogP contribution < -0.4 is 0 Å². The first-order valence-corrected chi connectivity index (χ1v) is 9.18. The molecule has 0 atom stereocenters. The van der Waals surface area contributed by atoms with Crippen LogP contribution in [-0.2, 0) is 11.0 Å². The molecule has 22 heavy (non-hydrogen) atoms. The summed E-state index contributed by atoms with van der Waals surface area (Å²) in [5.74, 6) is -0.837. The van der Waals surface area contributed by atoms with Crippen LogP contribution in [0.2, 0.25) is 0 Å². The molecule has 6 nitrogen and oxygen atoms in total. The zero-order chi connectivity index (χ0) is 16.3. The topological polar surface area (TPSA) is 115 Å². The molecule has 0 radical (unpaired) electrons. The normalized spacial score (nSPS) is 11.4. The van der Waals surface area contributed by atoms with Gasteiger partial charge in [0.1, 0.15) is 11.5 Å². The number of phenolic OH excluding ortho intramolecular Hbond substituents is 2. The van der Waals surface area contributed by atoms with Crippen molar-refractivity contribution in [1.29, 1.82) is 0 Å². The van der Waals surface area contributed by atoms with E-state index in [1.807, 2.05) is 0 Å². The highest BCUT2D eigenvalue weighted by atomic mass is 32.7. The Morgan fingerprint density at radius 3 is 2.41 bits per heavy atom. The highest BCUT2D eigenvalue weighted by molar-refractivity contribution is 8.54. The minimum Gasteiger partial charge on any atom is -0.508 e. The van der Waals surface area contributed by atoms with Gasteiger partial charge in [0.25, 0.3) is 0 Å². The van der Waals surface area contributed by atoms with Gasteiger partial charge in [0.05, 0.1) is 5.56 Å². The number of phenols is 2. The van der Waals surface area contributed by atoms with E-state index in [0.717, 1.165) is 0 Å². The van der Waals surface area contributed by atoms with Gasteiger partial charge < -0.3 is 20.0 Å². The molecule has 0 aromatic heterocycles. The number of rotatable bonds is 5. The second-order valence-electron chi connectivity index (χ2n) is 4.50. The number of carbonyl (C=O) groups is 1. The lowest BCUT2D eigenvalue weighted by molar-refractivity contribution is 0.0987. The van der Waals surface area contributed by atoms with Crippen LogP contribution in [0.1, 0.15) is 15.9 Å². The number of Topliss-reactive ketones (excluding diaryl/α,β-unsaturated/α-hetero) is 1. The lowest BCUT2D eigenvalue weighted by Gasteiger charge is -2.11. The molecule has 0 unspecified atom stereocenters. The third kappa shape index (κ3) is 4.35. The first-order chi connectivity index (χ1) is 10.3. The summed E-state index contributed by atoms with van der Waals surface area (Å²) in [5, 5.41) is 19.2. The molecule has 2 aromatic rings.